The standard InChI is InChI=1S/C20H22NO2.NO3/c1-21(2,3)19(20(22)23-4)18-16-11-7-5-9-14(16)13-15-10-6-8-12-17(15)18;2-1(3)4/h5-13,19H,1-4H3;/q+1;-1. The van der Waals surface area contributed by atoms with Gasteiger partial charge in [-0.1, -0.05) is 48.5 Å². The second kappa shape index (κ2) is 8.01. The zero-order valence-corrected chi connectivity index (χ0v) is 15.7. The fraction of sp³-hybridized carbons (Fsp3) is 0.250. The van der Waals surface area contributed by atoms with Crippen LogP contribution in [0.4, 0.5) is 0 Å². The van der Waals surface area contributed by atoms with Gasteiger partial charge in [-0.05, 0) is 27.6 Å². The average Bonchev–Trinajstić information content (AvgIpc) is 2.59. The molecular weight excluding hydrogens is 348 g/mol. The van der Waals surface area contributed by atoms with Crippen LogP contribution in [0.2, 0.25) is 0 Å². The number of nitrogens with zero attached hydrogens (tertiary/aromatic N) is 2. The van der Waals surface area contributed by atoms with E-state index in [1.54, 1.807) is 0 Å². The first-order valence-electron chi connectivity index (χ1n) is 8.27. The van der Waals surface area contributed by atoms with Crippen LogP contribution in [0, 0.1) is 15.3 Å². The lowest BCUT2D eigenvalue weighted by molar-refractivity contribution is -0.892. The van der Waals surface area contributed by atoms with Gasteiger partial charge in [-0.25, -0.2) is 4.79 Å². The summed E-state index contributed by atoms with van der Waals surface area (Å²) in [5, 5.41) is 19.2. The van der Waals surface area contributed by atoms with Gasteiger partial charge < -0.3 is 24.5 Å². The van der Waals surface area contributed by atoms with Gasteiger partial charge in [0, 0.05) is 5.56 Å². The summed E-state index contributed by atoms with van der Waals surface area (Å²) < 4.78 is 5.61. The first kappa shape index (κ1) is 20.1. The Hall–Kier alpha value is -3.19. The molecule has 0 fully saturated rings. The Morgan fingerprint density at radius 1 is 0.963 bits per heavy atom. The van der Waals surface area contributed by atoms with Crippen LogP contribution in [0.5, 0.6) is 0 Å². The lowest BCUT2D eigenvalue weighted by Crippen LogP contribution is -2.43. The molecule has 0 heterocycles. The molecule has 0 amide bonds. The van der Waals surface area contributed by atoms with Gasteiger partial charge >= 0.3 is 5.97 Å². The minimum Gasteiger partial charge on any atom is -0.464 e. The normalized spacial score (nSPS) is 12.1. The van der Waals surface area contributed by atoms with E-state index in [2.05, 4.69) is 30.3 Å². The van der Waals surface area contributed by atoms with Crippen molar-refractivity contribution in [3.05, 3.63) is 75.5 Å². The highest BCUT2D eigenvalue weighted by atomic mass is 16.9. The molecule has 0 aromatic heterocycles. The van der Waals surface area contributed by atoms with Gasteiger partial charge in [0.15, 0.2) is 0 Å². The summed E-state index contributed by atoms with van der Waals surface area (Å²) in [5.74, 6) is -0.209. The highest BCUT2D eigenvalue weighted by molar-refractivity contribution is 6.05. The Morgan fingerprint density at radius 3 is 1.74 bits per heavy atom. The van der Waals surface area contributed by atoms with Gasteiger partial charge in [0.1, 0.15) is 0 Å². The maximum absolute atomic E-state index is 12.6. The largest absolute Gasteiger partial charge is 0.464 e. The maximum atomic E-state index is 12.6. The number of ether oxygens (including phenoxy) is 1. The number of carbonyl (C=O) groups is 1. The predicted octanol–water partition coefficient (Wildman–Crippen LogP) is 3.67. The third kappa shape index (κ3) is 4.51. The summed E-state index contributed by atoms with van der Waals surface area (Å²) in [6.45, 7) is 0. The van der Waals surface area contributed by atoms with E-state index >= 15 is 0 Å². The molecule has 27 heavy (non-hydrogen) atoms. The monoisotopic (exact) mass is 370 g/mol. The number of likely N-dealkylation sites (N-methyl/N-ethyl adjacent to an activating group) is 1. The smallest absolute Gasteiger partial charge is 0.369 e. The zero-order chi connectivity index (χ0) is 20.2. The molecule has 1 atom stereocenters. The van der Waals surface area contributed by atoms with E-state index in [1.807, 2.05) is 45.4 Å². The number of rotatable bonds is 3. The van der Waals surface area contributed by atoms with Crippen molar-refractivity contribution in [2.24, 2.45) is 0 Å². The molecule has 0 aliphatic rings. The molecule has 142 valence electrons. The summed E-state index contributed by atoms with van der Waals surface area (Å²) in [7, 11) is 7.53. The lowest BCUT2D eigenvalue weighted by atomic mass is 9.91. The Bertz CT molecular complexity index is 921. The third-order valence-electron chi connectivity index (χ3n) is 4.29. The molecular formula is C20H22N2O5. The van der Waals surface area contributed by atoms with Crippen LogP contribution in [0.1, 0.15) is 11.6 Å². The first-order valence-corrected chi connectivity index (χ1v) is 8.27. The van der Waals surface area contributed by atoms with Gasteiger partial charge in [0.2, 0.25) is 6.04 Å². The number of quaternary nitrogens is 1. The second-order valence-electron chi connectivity index (χ2n) is 7.00. The van der Waals surface area contributed by atoms with E-state index in [0.717, 1.165) is 27.1 Å². The van der Waals surface area contributed by atoms with Crippen molar-refractivity contribution in [1.29, 1.82) is 0 Å². The molecule has 0 aliphatic heterocycles. The van der Waals surface area contributed by atoms with Crippen molar-refractivity contribution in [1.82, 2.24) is 0 Å². The van der Waals surface area contributed by atoms with Crippen molar-refractivity contribution in [3.63, 3.8) is 0 Å². The Morgan fingerprint density at radius 2 is 1.37 bits per heavy atom. The highest BCUT2D eigenvalue weighted by Gasteiger charge is 2.36. The molecule has 0 radical (unpaired) electrons. The van der Waals surface area contributed by atoms with Gasteiger partial charge in [-0.15, -0.1) is 0 Å². The van der Waals surface area contributed by atoms with Crippen molar-refractivity contribution >= 4 is 27.5 Å². The Balaban J connectivity index is 0.000000596. The summed E-state index contributed by atoms with van der Waals surface area (Å²) >= 11 is 0. The zero-order valence-electron chi connectivity index (χ0n) is 15.7. The van der Waals surface area contributed by atoms with Crippen LogP contribution in [0.15, 0.2) is 54.6 Å². The first-order chi connectivity index (χ1) is 12.7. The second-order valence-corrected chi connectivity index (χ2v) is 7.00. The van der Waals surface area contributed by atoms with Crippen LogP contribution >= 0.6 is 0 Å². The van der Waals surface area contributed by atoms with E-state index < -0.39 is 5.09 Å². The maximum Gasteiger partial charge on any atom is 0.369 e. The number of carbonyl (C=O) groups excluding carboxylic acids is 1. The van der Waals surface area contributed by atoms with Gasteiger partial charge in [-0.3, -0.25) is 0 Å². The number of hydrogen-bond acceptors (Lipinski definition) is 5. The highest BCUT2D eigenvalue weighted by Crippen LogP contribution is 2.37. The van der Waals surface area contributed by atoms with Crippen LogP contribution in [0.25, 0.3) is 21.5 Å². The number of esters is 1. The minimum atomic E-state index is -1.75. The predicted molar refractivity (Wildman–Crippen MR) is 105 cm³/mol. The van der Waals surface area contributed by atoms with Crippen LogP contribution in [-0.4, -0.2) is 43.8 Å². The summed E-state index contributed by atoms with van der Waals surface area (Å²) in [4.78, 5) is 20.9. The minimum absolute atomic E-state index is 0.209. The fourth-order valence-corrected chi connectivity index (χ4v) is 3.28. The van der Waals surface area contributed by atoms with Crippen molar-refractivity contribution in [2.75, 3.05) is 28.3 Å². The molecule has 0 bridgehead atoms. The number of hydrogen-bond donors (Lipinski definition) is 0. The van der Waals surface area contributed by atoms with Crippen molar-refractivity contribution < 1.29 is 19.1 Å². The lowest BCUT2D eigenvalue weighted by Gasteiger charge is -2.33. The molecule has 3 rings (SSSR count). The number of benzene rings is 3. The third-order valence-corrected chi connectivity index (χ3v) is 4.29. The molecule has 0 spiro atoms. The topological polar surface area (TPSA) is 92.5 Å². The van der Waals surface area contributed by atoms with Gasteiger partial charge in [0.05, 0.1) is 33.3 Å². The van der Waals surface area contributed by atoms with Gasteiger partial charge in [0.25, 0.3) is 0 Å². The molecule has 0 saturated heterocycles. The summed E-state index contributed by atoms with van der Waals surface area (Å²) in [6, 6.07) is 18.2. The molecule has 0 saturated carbocycles. The van der Waals surface area contributed by atoms with E-state index in [1.165, 1.54) is 7.11 Å². The molecule has 7 nitrogen and oxygen atoms in total. The van der Waals surface area contributed by atoms with E-state index in [9.17, 15) is 4.79 Å². The van der Waals surface area contributed by atoms with Crippen LogP contribution in [0.3, 0.4) is 0 Å². The van der Waals surface area contributed by atoms with E-state index in [0.29, 0.717) is 4.48 Å². The number of methoxy groups -OCH3 is 1. The van der Waals surface area contributed by atoms with Crippen molar-refractivity contribution in [3.8, 4) is 0 Å². The fourth-order valence-electron chi connectivity index (χ4n) is 3.28. The molecule has 1 unspecified atom stereocenters. The Labute approximate surface area is 157 Å². The van der Waals surface area contributed by atoms with Gasteiger partial charge in [-0.2, -0.15) is 0 Å². The van der Waals surface area contributed by atoms with Crippen molar-refractivity contribution in [2.45, 2.75) is 6.04 Å². The summed E-state index contributed by atoms with van der Waals surface area (Å²) in [6.07, 6.45) is 0. The van der Waals surface area contributed by atoms with E-state index in [4.69, 9.17) is 20.1 Å². The molecule has 3 aromatic carbocycles. The molecule has 7 heteroatoms. The SMILES string of the molecule is COC(=O)C(c1c2ccccc2cc2ccccc12)[N+](C)(C)C.O=[N+]([O-])[O-]. The van der Waals surface area contributed by atoms with Crippen LogP contribution in [-0.2, 0) is 9.53 Å². The quantitative estimate of drug-likeness (QED) is 0.231. The molecule has 0 N–H and O–H groups in total. The van der Waals surface area contributed by atoms with E-state index in [-0.39, 0.29) is 12.0 Å². The molecule has 0 aliphatic carbocycles. The molecule has 3 aromatic rings. The summed E-state index contributed by atoms with van der Waals surface area (Å²) in [5.41, 5.74) is 1.04. The number of fused-ring (bicyclic) bond motifs is 2. The Kier molecular flexibility index (Phi) is 5.97. The average molecular weight is 370 g/mol. The van der Waals surface area contributed by atoms with Crippen LogP contribution < -0.4 is 0 Å².